The van der Waals surface area contributed by atoms with E-state index >= 15 is 0 Å². The van der Waals surface area contributed by atoms with Crippen LogP contribution >= 0.6 is 31.9 Å². The molecule has 0 unspecified atom stereocenters. The summed E-state index contributed by atoms with van der Waals surface area (Å²) in [6.45, 7) is 2.20. The summed E-state index contributed by atoms with van der Waals surface area (Å²) in [4.78, 5) is 32.9. The largest absolute Gasteiger partial charge is 0.419 e. The number of hydrogen-bond acceptors (Lipinski definition) is 5. The minimum atomic E-state index is -0.295. The quantitative estimate of drug-likeness (QED) is 0.150. The average Bonchev–Trinajstić information content (AvgIpc) is 3.25. The van der Waals surface area contributed by atoms with Gasteiger partial charge in [-0.3, -0.25) is 14.5 Å². The van der Waals surface area contributed by atoms with E-state index in [1.807, 2.05) is 67.6 Å². The number of para-hydroxylation sites is 2. The standard InChI is InChI=1S/C31H23Br2N3O3/c1-2-35-30(38)28(39-31(35)34-29-22(20-37)18-23(32)19-27(29)33)17-21-13-15-26(16-14-21)36(24-9-5-3-6-10-24)25-11-7-4-8-12-25/h3-20H,2H2,1H3/b28-17+,34-31?. The van der Waals surface area contributed by atoms with Gasteiger partial charge in [-0.05, 0) is 83.0 Å². The molecule has 0 radical (unpaired) electrons. The summed E-state index contributed by atoms with van der Waals surface area (Å²) in [6, 6.07) is 31.8. The third-order valence-electron chi connectivity index (χ3n) is 6.07. The fourth-order valence-electron chi connectivity index (χ4n) is 4.23. The van der Waals surface area contributed by atoms with E-state index in [-0.39, 0.29) is 17.7 Å². The number of carbonyl (C=O) groups is 2. The van der Waals surface area contributed by atoms with E-state index in [0.717, 1.165) is 27.1 Å². The molecule has 6 nitrogen and oxygen atoms in total. The van der Waals surface area contributed by atoms with E-state index in [9.17, 15) is 9.59 Å². The number of benzene rings is 4. The number of likely N-dealkylation sites (N-methyl/N-ethyl adjacent to an activating group) is 1. The van der Waals surface area contributed by atoms with Crippen molar-refractivity contribution in [3.05, 3.63) is 123 Å². The number of carbonyl (C=O) groups excluding carboxylic acids is 2. The van der Waals surface area contributed by atoms with Crippen LogP contribution in [0.4, 0.5) is 22.7 Å². The molecule has 0 N–H and O–H groups in total. The number of halogens is 2. The van der Waals surface area contributed by atoms with Gasteiger partial charge >= 0.3 is 6.02 Å². The Balaban J connectivity index is 1.46. The number of aliphatic imine (C=N–C) groups is 1. The van der Waals surface area contributed by atoms with Crippen LogP contribution in [0.1, 0.15) is 22.8 Å². The van der Waals surface area contributed by atoms with Crippen LogP contribution in [0.15, 0.2) is 117 Å². The fourth-order valence-corrected chi connectivity index (χ4v) is 5.58. The lowest BCUT2D eigenvalue weighted by Gasteiger charge is -2.25. The zero-order valence-corrected chi connectivity index (χ0v) is 24.1. The highest BCUT2D eigenvalue weighted by molar-refractivity contribution is 9.11. The van der Waals surface area contributed by atoms with E-state index in [2.05, 4.69) is 66.0 Å². The number of ether oxygens (including phenoxy) is 1. The van der Waals surface area contributed by atoms with Crippen LogP contribution in [0.25, 0.3) is 6.08 Å². The van der Waals surface area contributed by atoms with Crippen molar-refractivity contribution in [2.24, 2.45) is 4.99 Å². The monoisotopic (exact) mass is 643 g/mol. The maximum absolute atomic E-state index is 13.1. The van der Waals surface area contributed by atoms with Gasteiger partial charge in [-0.1, -0.05) is 64.5 Å². The predicted octanol–water partition coefficient (Wildman–Crippen LogP) is 8.40. The van der Waals surface area contributed by atoms with Crippen LogP contribution in [-0.2, 0) is 9.53 Å². The van der Waals surface area contributed by atoms with Crippen molar-refractivity contribution in [1.82, 2.24) is 4.90 Å². The molecule has 1 saturated heterocycles. The number of hydrogen-bond donors (Lipinski definition) is 0. The summed E-state index contributed by atoms with van der Waals surface area (Å²) in [5.41, 5.74) is 4.62. The first-order chi connectivity index (χ1) is 19.0. The fraction of sp³-hybridized carbons (Fsp3) is 0.0645. The van der Waals surface area contributed by atoms with E-state index in [0.29, 0.717) is 28.6 Å². The molecule has 1 aliphatic heterocycles. The van der Waals surface area contributed by atoms with Crippen molar-refractivity contribution in [1.29, 1.82) is 0 Å². The van der Waals surface area contributed by atoms with Gasteiger partial charge in [0.05, 0.1) is 5.69 Å². The first kappa shape index (κ1) is 26.6. The number of amidine groups is 1. The molecule has 0 aliphatic carbocycles. The third-order valence-corrected chi connectivity index (χ3v) is 7.14. The molecule has 0 spiro atoms. The van der Waals surface area contributed by atoms with Crippen LogP contribution in [0, 0.1) is 0 Å². The molecule has 4 aromatic carbocycles. The van der Waals surface area contributed by atoms with Crippen LogP contribution in [0.2, 0.25) is 0 Å². The summed E-state index contributed by atoms with van der Waals surface area (Å²) in [6.07, 6.45) is 2.42. The highest BCUT2D eigenvalue weighted by atomic mass is 79.9. The van der Waals surface area contributed by atoms with Crippen LogP contribution in [0.3, 0.4) is 0 Å². The Morgan fingerprint density at radius 1 is 0.872 bits per heavy atom. The number of rotatable bonds is 7. The van der Waals surface area contributed by atoms with Gasteiger partial charge in [-0.15, -0.1) is 0 Å². The van der Waals surface area contributed by atoms with Crippen molar-refractivity contribution < 1.29 is 14.3 Å². The molecule has 1 fully saturated rings. The molecule has 0 aromatic heterocycles. The number of aldehydes is 1. The van der Waals surface area contributed by atoms with Crippen LogP contribution in [-0.4, -0.2) is 29.7 Å². The van der Waals surface area contributed by atoms with Crippen molar-refractivity contribution in [3.63, 3.8) is 0 Å². The summed E-state index contributed by atoms with van der Waals surface area (Å²) in [7, 11) is 0. The van der Waals surface area contributed by atoms with E-state index < -0.39 is 0 Å². The molecular weight excluding hydrogens is 622 g/mol. The van der Waals surface area contributed by atoms with E-state index in [4.69, 9.17) is 4.74 Å². The predicted molar refractivity (Wildman–Crippen MR) is 162 cm³/mol. The molecular formula is C31H23Br2N3O3. The number of anilines is 3. The Morgan fingerprint density at radius 3 is 2.03 bits per heavy atom. The van der Waals surface area contributed by atoms with Crippen LogP contribution < -0.4 is 4.90 Å². The molecule has 194 valence electrons. The lowest BCUT2D eigenvalue weighted by atomic mass is 10.1. The van der Waals surface area contributed by atoms with Gasteiger partial charge < -0.3 is 9.64 Å². The summed E-state index contributed by atoms with van der Waals surface area (Å²) in [5, 5.41) is 0. The highest BCUT2D eigenvalue weighted by Gasteiger charge is 2.34. The molecule has 0 atom stereocenters. The zero-order chi connectivity index (χ0) is 27.4. The van der Waals surface area contributed by atoms with Gasteiger partial charge in [0, 0.05) is 38.1 Å². The average molecular weight is 645 g/mol. The Morgan fingerprint density at radius 2 is 1.46 bits per heavy atom. The lowest BCUT2D eigenvalue weighted by molar-refractivity contribution is -0.122. The normalized spacial score (nSPS) is 15.1. The molecule has 1 aliphatic rings. The first-order valence-electron chi connectivity index (χ1n) is 12.2. The summed E-state index contributed by atoms with van der Waals surface area (Å²) in [5.74, 6) is -0.136. The van der Waals surface area contributed by atoms with Gasteiger partial charge in [-0.25, -0.2) is 0 Å². The first-order valence-corrected chi connectivity index (χ1v) is 13.8. The minimum Gasteiger partial charge on any atom is -0.419 e. The molecule has 0 saturated carbocycles. The lowest BCUT2D eigenvalue weighted by Crippen LogP contribution is -2.29. The Kier molecular flexibility index (Phi) is 8.05. The van der Waals surface area contributed by atoms with Gasteiger partial charge in [0.2, 0.25) is 0 Å². The van der Waals surface area contributed by atoms with E-state index in [1.54, 1.807) is 18.2 Å². The maximum atomic E-state index is 13.1. The molecule has 1 heterocycles. The summed E-state index contributed by atoms with van der Waals surface area (Å²) >= 11 is 6.83. The summed E-state index contributed by atoms with van der Waals surface area (Å²) < 4.78 is 7.25. The zero-order valence-electron chi connectivity index (χ0n) is 20.9. The van der Waals surface area contributed by atoms with Crippen molar-refractivity contribution >= 4 is 78.9 Å². The van der Waals surface area contributed by atoms with Crippen molar-refractivity contribution in [3.8, 4) is 0 Å². The Hall–Kier alpha value is -4.01. The third kappa shape index (κ3) is 5.72. The topological polar surface area (TPSA) is 62.2 Å². The second kappa shape index (κ2) is 11.8. The minimum absolute atomic E-state index is 0.121. The van der Waals surface area contributed by atoms with Gasteiger partial charge in [0.1, 0.15) is 0 Å². The molecule has 8 heteroatoms. The van der Waals surface area contributed by atoms with Crippen molar-refractivity contribution in [2.75, 3.05) is 11.4 Å². The molecule has 4 aromatic rings. The molecule has 1 amide bonds. The maximum Gasteiger partial charge on any atom is 0.305 e. The molecule has 5 rings (SSSR count). The number of nitrogens with zero attached hydrogens (tertiary/aromatic N) is 3. The second-order valence-electron chi connectivity index (χ2n) is 8.60. The molecule has 39 heavy (non-hydrogen) atoms. The van der Waals surface area contributed by atoms with Gasteiger partial charge in [-0.2, -0.15) is 4.99 Å². The highest BCUT2D eigenvalue weighted by Crippen LogP contribution is 2.36. The van der Waals surface area contributed by atoms with E-state index in [1.165, 1.54) is 4.90 Å². The van der Waals surface area contributed by atoms with Gasteiger partial charge in [0.25, 0.3) is 5.91 Å². The number of amides is 1. The second-order valence-corrected chi connectivity index (χ2v) is 10.4. The van der Waals surface area contributed by atoms with Crippen LogP contribution in [0.5, 0.6) is 0 Å². The Bertz CT molecular complexity index is 1530. The van der Waals surface area contributed by atoms with Gasteiger partial charge in [0.15, 0.2) is 12.0 Å². The molecule has 0 bridgehead atoms. The SMILES string of the molecule is CCN1C(=O)/C(=C\c2ccc(N(c3ccccc3)c3ccccc3)cc2)OC1=Nc1c(Br)cc(Br)cc1C=O. The van der Waals surface area contributed by atoms with Crippen molar-refractivity contribution in [2.45, 2.75) is 6.92 Å². The smallest absolute Gasteiger partial charge is 0.305 e. The Labute approximate surface area is 243 Å².